The lowest BCUT2D eigenvalue weighted by atomic mass is 9.64. The third kappa shape index (κ3) is 2.61. The number of rotatable bonds is 3. The van der Waals surface area contributed by atoms with E-state index in [1.165, 1.54) is 4.90 Å². The van der Waals surface area contributed by atoms with Crippen LogP contribution >= 0.6 is 0 Å². The number of amides is 2. The van der Waals surface area contributed by atoms with Crippen molar-refractivity contribution in [3.05, 3.63) is 0 Å². The molecule has 1 aliphatic heterocycles. The van der Waals surface area contributed by atoms with Gasteiger partial charge in [-0.25, -0.2) is 9.59 Å². The molecule has 6 nitrogen and oxygen atoms in total. The molecular weight excluding hydrogens is 272 g/mol. The number of aliphatic carboxylic acids is 1. The molecule has 3 unspecified atom stereocenters. The summed E-state index contributed by atoms with van der Waals surface area (Å²) in [7, 11) is 1.68. The second-order valence-corrected chi connectivity index (χ2v) is 6.97. The van der Waals surface area contributed by atoms with Crippen LogP contribution in [-0.4, -0.2) is 53.3 Å². The van der Waals surface area contributed by atoms with E-state index in [9.17, 15) is 14.7 Å². The fraction of sp³-hybridized carbons (Fsp3) is 0.867. The molecule has 0 radical (unpaired) electrons. The quantitative estimate of drug-likeness (QED) is 0.833. The summed E-state index contributed by atoms with van der Waals surface area (Å²) in [6.45, 7) is 6.25. The maximum absolute atomic E-state index is 12.5. The molecule has 2 amide bonds. The van der Waals surface area contributed by atoms with E-state index in [0.717, 1.165) is 19.3 Å². The number of hydrogen-bond donors (Lipinski definition) is 2. The molecule has 3 atom stereocenters. The molecule has 0 bridgehead atoms. The Morgan fingerprint density at radius 1 is 1.29 bits per heavy atom. The Balaban J connectivity index is 2.04. The van der Waals surface area contributed by atoms with Crippen molar-refractivity contribution in [2.75, 3.05) is 13.7 Å². The molecule has 1 saturated carbocycles. The molecule has 1 heterocycles. The number of nitrogens with one attached hydrogen (secondary N) is 1. The van der Waals surface area contributed by atoms with Crippen molar-refractivity contribution in [3.63, 3.8) is 0 Å². The lowest BCUT2D eigenvalue weighted by Crippen LogP contribution is -2.66. The molecule has 0 aromatic heterocycles. The van der Waals surface area contributed by atoms with Crippen LogP contribution in [0.15, 0.2) is 0 Å². The van der Waals surface area contributed by atoms with Gasteiger partial charge in [0.15, 0.2) is 0 Å². The van der Waals surface area contributed by atoms with E-state index in [4.69, 9.17) is 4.74 Å². The zero-order valence-corrected chi connectivity index (χ0v) is 13.3. The zero-order chi connectivity index (χ0) is 15.8. The van der Waals surface area contributed by atoms with Gasteiger partial charge in [0.05, 0.1) is 6.10 Å². The van der Waals surface area contributed by atoms with Gasteiger partial charge in [-0.1, -0.05) is 13.8 Å². The third-order valence-corrected chi connectivity index (χ3v) is 5.36. The summed E-state index contributed by atoms with van der Waals surface area (Å²) in [5.74, 6) is -0.931. The van der Waals surface area contributed by atoms with Crippen LogP contribution in [0.5, 0.6) is 0 Å². The van der Waals surface area contributed by atoms with Gasteiger partial charge in [-0.2, -0.15) is 0 Å². The maximum atomic E-state index is 12.5. The largest absolute Gasteiger partial charge is 0.480 e. The maximum Gasteiger partial charge on any atom is 0.329 e. The Morgan fingerprint density at radius 3 is 2.48 bits per heavy atom. The molecule has 2 aliphatic rings. The number of carboxylic acids is 1. The van der Waals surface area contributed by atoms with Crippen LogP contribution in [0.4, 0.5) is 4.79 Å². The molecule has 2 N–H and O–H groups in total. The number of likely N-dealkylation sites (tertiary alicyclic amines) is 1. The predicted molar refractivity (Wildman–Crippen MR) is 78.1 cm³/mol. The monoisotopic (exact) mass is 298 g/mol. The minimum atomic E-state index is -1.10. The number of carbonyl (C=O) groups excluding carboxylic acids is 1. The van der Waals surface area contributed by atoms with Crippen LogP contribution in [0, 0.1) is 5.41 Å². The molecule has 1 aliphatic carbocycles. The number of carboxylic acid groups (broad SMARTS) is 1. The average Bonchev–Trinajstić information content (AvgIpc) is 2.43. The SMILES string of the molecule is COC1CC(NC(=O)N2CCCCC2(C)C(=O)O)C1(C)C. The predicted octanol–water partition coefficient (Wildman–Crippen LogP) is 1.84. The standard InChI is InChI=1S/C15H26N2O4/c1-14(2)10(9-11(14)21-4)16-13(20)17-8-6-5-7-15(17,3)12(18)19/h10-11H,5-9H2,1-4H3,(H,16,20)(H,18,19). The van der Waals surface area contributed by atoms with Gasteiger partial charge in [0.25, 0.3) is 0 Å². The number of urea groups is 1. The Morgan fingerprint density at radius 2 is 1.95 bits per heavy atom. The van der Waals surface area contributed by atoms with Crippen molar-refractivity contribution < 1.29 is 19.4 Å². The first kappa shape index (κ1) is 16.1. The minimum absolute atomic E-state index is 0.0231. The van der Waals surface area contributed by atoms with E-state index in [1.54, 1.807) is 14.0 Å². The number of piperidine rings is 1. The average molecular weight is 298 g/mol. The highest BCUT2D eigenvalue weighted by molar-refractivity contribution is 5.86. The Hall–Kier alpha value is -1.30. The van der Waals surface area contributed by atoms with Gasteiger partial charge in [0.2, 0.25) is 0 Å². The third-order valence-electron chi connectivity index (χ3n) is 5.36. The van der Waals surface area contributed by atoms with Crippen molar-refractivity contribution >= 4 is 12.0 Å². The van der Waals surface area contributed by atoms with Gasteiger partial charge in [0, 0.05) is 25.1 Å². The summed E-state index contributed by atoms with van der Waals surface area (Å²) < 4.78 is 5.38. The normalized spacial score (nSPS) is 35.0. The van der Waals surface area contributed by atoms with Gasteiger partial charge in [-0.15, -0.1) is 0 Å². The van der Waals surface area contributed by atoms with Crippen molar-refractivity contribution in [1.82, 2.24) is 10.2 Å². The van der Waals surface area contributed by atoms with Gasteiger partial charge >= 0.3 is 12.0 Å². The topological polar surface area (TPSA) is 78.9 Å². The van der Waals surface area contributed by atoms with E-state index < -0.39 is 11.5 Å². The van der Waals surface area contributed by atoms with Crippen molar-refractivity contribution in [2.45, 2.75) is 64.1 Å². The summed E-state index contributed by atoms with van der Waals surface area (Å²) in [4.78, 5) is 25.5. The van der Waals surface area contributed by atoms with Crippen LogP contribution < -0.4 is 5.32 Å². The molecule has 2 fully saturated rings. The number of carbonyl (C=O) groups is 2. The van der Waals surface area contributed by atoms with E-state index in [2.05, 4.69) is 19.2 Å². The lowest BCUT2D eigenvalue weighted by Gasteiger charge is -2.52. The fourth-order valence-electron chi connectivity index (χ4n) is 3.43. The van der Waals surface area contributed by atoms with Crippen LogP contribution in [0.2, 0.25) is 0 Å². The molecule has 21 heavy (non-hydrogen) atoms. The first-order valence-electron chi connectivity index (χ1n) is 7.58. The molecule has 0 spiro atoms. The summed E-state index contributed by atoms with van der Waals surface area (Å²) >= 11 is 0. The highest BCUT2D eigenvalue weighted by atomic mass is 16.5. The number of ether oxygens (including phenoxy) is 1. The van der Waals surface area contributed by atoms with E-state index in [-0.39, 0.29) is 23.6 Å². The number of nitrogens with zero attached hydrogens (tertiary/aromatic N) is 1. The second kappa shape index (κ2) is 5.48. The Bertz CT molecular complexity index is 437. The summed E-state index contributed by atoms with van der Waals surface area (Å²) in [5, 5.41) is 12.5. The molecule has 6 heteroatoms. The second-order valence-electron chi connectivity index (χ2n) is 6.97. The van der Waals surface area contributed by atoms with Crippen LogP contribution in [0.3, 0.4) is 0 Å². The number of hydrogen-bond acceptors (Lipinski definition) is 3. The summed E-state index contributed by atoms with van der Waals surface area (Å²) in [6, 6.07) is -0.248. The summed E-state index contributed by atoms with van der Waals surface area (Å²) in [5.41, 5.74) is -1.23. The van der Waals surface area contributed by atoms with Crippen LogP contribution in [0.1, 0.15) is 46.5 Å². The molecule has 1 saturated heterocycles. The lowest BCUT2D eigenvalue weighted by molar-refractivity contribution is -0.150. The zero-order valence-electron chi connectivity index (χ0n) is 13.3. The minimum Gasteiger partial charge on any atom is -0.480 e. The first-order valence-corrected chi connectivity index (χ1v) is 7.58. The Kier molecular flexibility index (Phi) is 4.19. The van der Waals surface area contributed by atoms with Gasteiger partial charge in [-0.3, -0.25) is 0 Å². The van der Waals surface area contributed by atoms with E-state index in [1.807, 2.05) is 0 Å². The number of methoxy groups -OCH3 is 1. The van der Waals surface area contributed by atoms with Crippen molar-refractivity contribution in [1.29, 1.82) is 0 Å². The molecular formula is C15H26N2O4. The van der Waals surface area contributed by atoms with E-state index >= 15 is 0 Å². The molecule has 0 aromatic rings. The highest BCUT2D eigenvalue weighted by Gasteiger charge is 2.51. The Labute approximate surface area is 125 Å². The van der Waals surface area contributed by atoms with Gasteiger partial charge in [0.1, 0.15) is 5.54 Å². The molecule has 0 aromatic carbocycles. The molecule has 2 rings (SSSR count). The van der Waals surface area contributed by atoms with Crippen molar-refractivity contribution in [2.24, 2.45) is 5.41 Å². The van der Waals surface area contributed by atoms with Crippen LogP contribution in [-0.2, 0) is 9.53 Å². The highest BCUT2D eigenvalue weighted by Crippen LogP contribution is 2.42. The van der Waals surface area contributed by atoms with E-state index in [0.29, 0.717) is 13.0 Å². The first-order chi connectivity index (χ1) is 9.73. The fourth-order valence-corrected chi connectivity index (χ4v) is 3.43. The summed E-state index contributed by atoms with van der Waals surface area (Å²) in [6.07, 6.45) is 3.10. The smallest absolute Gasteiger partial charge is 0.329 e. The van der Waals surface area contributed by atoms with Crippen LogP contribution in [0.25, 0.3) is 0 Å². The molecule has 120 valence electrons. The van der Waals surface area contributed by atoms with Gasteiger partial charge < -0.3 is 20.1 Å². The van der Waals surface area contributed by atoms with Crippen molar-refractivity contribution in [3.8, 4) is 0 Å². The van der Waals surface area contributed by atoms with Gasteiger partial charge in [-0.05, 0) is 32.6 Å².